The predicted octanol–water partition coefficient (Wildman–Crippen LogP) is 3.54. The van der Waals surface area contributed by atoms with E-state index in [2.05, 4.69) is 9.98 Å². The fourth-order valence-electron chi connectivity index (χ4n) is 3.19. The van der Waals surface area contributed by atoms with Crippen LogP contribution in [0, 0.1) is 5.82 Å². The molecule has 2 aliphatic heterocycles. The highest BCUT2D eigenvalue weighted by molar-refractivity contribution is 7.20. The lowest BCUT2D eigenvalue weighted by Crippen LogP contribution is -2.30. The molecule has 0 aliphatic carbocycles. The summed E-state index contributed by atoms with van der Waals surface area (Å²) >= 11 is 7.66. The second-order valence-corrected chi connectivity index (χ2v) is 7.67. The van der Waals surface area contributed by atoms with Crippen LogP contribution in [0.4, 0.5) is 9.39 Å². The molecule has 0 N–H and O–H groups in total. The first-order valence-electron chi connectivity index (χ1n) is 8.07. The molecular weight excluding hydrogens is 377 g/mol. The van der Waals surface area contributed by atoms with Gasteiger partial charge in [0.2, 0.25) is 0 Å². The van der Waals surface area contributed by atoms with Crippen molar-refractivity contribution < 1.29 is 13.9 Å². The van der Waals surface area contributed by atoms with Crippen molar-refractivity contribution in [3.05, 3.63) is 51.6 Å². The molecule has 0 fully saturated rings. The molecule has 2 aliphatic rings. The summed E-state index contributed by atoms with van der Waals surface area (Å²) in [6.45, 7) is 0.870. The van der Waals surface area contributed by atoms with Gasteiger partial charge in [0.15, 0.2) is 0 Å². The molecule has 5 nitrogen and oxygen atoms in total. The lowest BCUT2D eigenvalue weighted by Gasteiger charge is -2.18. The number of anilines is 1. The number of carbonyl (C=O) groups is 1. The maximum Gasteiger partial charge on any atom is 0.307 e. The van der Waals surface area contributed by atoms with Gasteiger partial charge in [-0.25, -0.2) is 4.39 Å². The zero-order valence-electron chi connectivity index (χ0n) is 13.9. The van der Waals surface area contributed by atoms with E-state index in [0.717, 1.165) is 16.4 Å². The van der Waals surface area contributed by atoms with Gasteiger partial charge in [0.25, 0.3) is 0 Å². The Labute approximate surface area is 158 Å². The quantitative estimate of drug-likeness (QED) is 0.752. The number of hydrogen-bond acceptors (Lipinski definition) is 6. The summed E-state index contributed by atoms with van der Waals surface area (Å²) < 4.78 is 19.7. The van der Waals surface area contributed by atoms with E-state index in [0.29, 0.717) is 28.7 Å². The Morgan fingerprint density at radius 1 is 1.42 bits per heavy atom. The van der Waals surface area contributed by atoms with Gasteiger partial charge in [-0.1, -0.05) is 23.7 Å². The van der Waals surface area contributed by atoms with Crippen LogP contribution in [0.5, 0.6) is 0 Å². The summed E-state index contributed by atoms with van der Waals surface area (Å²) in [5, 5.41) is 0.876. The fourth-order valence-corrected chi connectivity index (χ4v) is 4.44. The molecule has 0 saturated heterocycles. The van der Waals surface area contributed by atoms with Crippen molar-refractivity contribution in [3.63, 3.8) is 0 Å². The van der Waals surface area contributed by atoms with Crippen molar-refractivity contribution in [1.82, 2.24) is 0 Å². The Kier molecular flexibility index (Phi) is 4.50. The van der Waals surface area contributed by atoms with Crippen LogP contribution < -0.4 is 4.90 Å². The van der Waals surface area contributed by atoms with Gasteiger partial charge in [0.1, 0.15) is 16.7 Å². The Morgan fingerprint density at radius 3 is 3.00 bits per heavy atom. The van der Waals surface area contributed by atoms with Crippen LogP contribution >= 0.6 is 22.9 Å². The van der Waals surface area contributed by atoms with Crippen LogP contribution in [0.2, 0.25) is 4.34 Å². The van der Waals surface area contributed by atoms with Crippen molar-refractivity contribution in [1.29, 1.82) is 0 Å². The molecule has 0 spiro atoms. The van der Waals surface area contributed by atoms with E-state index in [4.69, 9.17) is 16.3 Å². The minimum atomic E-state index is -0.327. The smallest absolute Gasteiger partial charge is 0.307 e. The average Bonchev–Trinajstić information content (AvgIpc) is 3.16. The molecule has 2 aromatic rings. The standard InChI is InChI=1S/C18H15ClFN3O2S/c1-25-16(24)6-10-9-23-15(22-10)8-21-17(11-4-2-3-5-13(11)20)12-7-14(19)26-18(12)23/h2-5,7,10H,6,8-9H2,1H3. The Bertz CT molecular complexity index is 940. The van der Waals surface area contributed by atoms with Gasteiger partial charge in [-0.3, -0.25) is 14.8 Å². The Balaban J connectivity index is 1.76. The number of benzene rings is 1. The number of rotatable bonds is 3. The van der Waals surface area contributed by atoms with Crippen LogP contribution in [0.3, 0.4) is 0 Å². The minimum absolute atomic E-state index is 0.184. The summed E-state index contributed by atoms with van der Waals surface area (Å²) in [4.78, 5) is 22.8. The monoisotopic (exact) mass is 391 g/mol. The molecule has 134 valence electrons. The normalized spacial score (nSPS) is 18.6. The molecule has 26 heavy (non-hydrogen) atoms. The van der Waals surface area contributed by atoms with Gasteiger partial charge in [-0.05, 0) is 18.2 Å². The van der Waals surface area contributed by atoms with E-state index in [-0.39, 0.29) is 24.2 Å². The van der Waals surface area contributed by atoms with E-state index >= 15 is 0 Å². The van der Waals surface area contributed by atoms with E-state index in [1.54, 1.807) is 18.2 Å². The topological polar surface area (TPSA) is 54.3 Å². The van der Waals surface area contributed by atoms with E-state index in [9.17, 15) is 9.18 Å². The van der Waals surface area contributed by atoms with Crippen LogP contribution in [0.15, 0.2) is 40.3 Å². The highest BCUT2D eigenvalue weighted by atomic mass is 35.5. The first-order chi connectivity index (χ1) is 12.6. The van der Waals surface area contributed by atoms with Gasteiger partial charge in [-0.15, -0.1) is 11.3 Å². The number of halogens is 2. The predicted molar refractivity (Wildman–Crippen MR) is 101 cm³/mol. The highest BCUT2D eigenvalue weighted by Crippen LogP contribution is 2.40. The second kappa shape index (κ2) is 6.81. The number of hydrogen-bond donors (Lipinski definition) is 0. The van der Waals surface area contributed by atoms with Gasteiger partial charge in [-0.2, -0.15) is 0 Å². The average molecular weight is 392 g/mol. The zero-order chi connectivity index (χ0) is 18.3. The number of carbonyl (C=O) groups excluding carboxylic acids is 1. The lowest BCUT2D eigenvalue weighted by atomic mass is 10.0. The number of aliphatic imine (C=N–C) groups is 2. The lowest BCUT2D eigenvalue weighted by molar-refractivity contribution is -0.140. The molecule has 1 aromatic carbocycles. The molecule has 0 radical (unpaired) electrons. The number of fused-ring (bicyclic) bond motifs is 3. The molecule has 1 unspecified atom stereocenters. The third-order valence-electron chi connectivity index (χ3n) is 4.36. The van der Waals surface area contributed by atoms with Crippen molar-refractivity contribution in [2.45, 2.75) is 12.5 Å². The third-order valence-corrected chi connectivity index (χ3v) is 5.64. The summed E-state index contributed by atoms with van der Waals surface area (Å²) in [6, 6.07) is 8.19. The van der Waals surface area contributed by atoms with Gasteiger partial charge in [0.05, 0.1) is 36.2 Å². The van der Waals surface area contributed by atoms with Gasteiger partial charge < -0.3 is 9.64 Å². The number of thiophene rings is 1. The van der Waals surface area contributed by atoms with Crippen molar-refractivity contribution in [3.8, 4) is 0 Å². The molecule has 0 saturated carbocycles. The zero-order valence-corrected chi connectivity index (χ0v) is 15.5. The van der Waals surface area contributed by atoms with Gasteiger partial charge >= 0.3 is 5.97 Å². The minimum Gasteiger partial charge on any atom is -0.469 e. The second-order valence-electron chi connectivity index (χ2n) is 6.00. The van der Waals surface area contributed by atoms with Crippen molar-refractivity contribution >= 4 is 45.5 Å². The fraction of sp³-hybridized carbons (Fsp3) is 0.278. The number of esters is 1. The number of amidine groups is 1. The molecule has 1 aromatic heterocycles. The molecule has 0 amide bonds. The number of methoxy groups -OCH3 is 1. The molecular formula is C18H15ClFN3O2S. The van der Waals surface area contributed by atoms with Gasteiger partial charge in [0, 0.05) is 17.7 Å². The molecule has 8 heteroatoms. The van der Waals surface area contributed by atoms with Crippen molar-refractivity contribution in [2.24, 2.45) is 9.98 Å². The number of nitrogens with zero attached hydrogens (tertiary/aromatic N) is 3. The van der Waals surface area contributed by atoms with E-state index < -0.39 is 0 Å². The van der Waals surface area contributed by atoms with Crippen LogP contribution in [-0.4, -0.2) is 43.8 Å². The summed E-state index contributed by atoms with van der Waals surface area (Å²) in [7, 11) is 1.37. The largest absolute Gasteiger partial charge is 0.469 e. The molecule has 1 atom stereocenters. The highest BCUT2D eigenvalue weighted by Gasteiger charge is 2.34. The van der Waals surface area contributed by atoms with Crippen LogP contribution in [-0.2, 0) is 9.53 Å². The van der Waals surface area contributed by atoms with E-state index in [1.165, 1.54) is 24.5 Å². The molecule has 0 bridgehead atoms. The molecule has 3 heterocycles. The number of ether oxygens (including phenoxy) is 1. The first kappa shape index (κ1) is 17.2. The van der Waals surface area contributed by atoms with Crippen molar-refractivity contribution in [2.75, 3.05) is 25.1 Å². The SMILES string of the molecule is COC(=O)CC1CN2C(=N1)CN=C(c1ccccc1F)c1cc(Cl)sc12. The van der Waals surface area contributed by atoms with Crippen LogP contribution in [0.25, 0.3) is 0 Å². The summed E-state index contributed by atoms with van der Waals surface area (Å²) in [5.74, 6) is 0.133. The Hall–Kier alpha value is -2.25. The molecule has 4 rings (SSSR count). The maximum absolute atomic E-state index is 14.3. The first-order valence-corrected chi connectivity index (χ1v) is 9.26. The van der Waals surface area contributed by atoms with E-state index in [1.807, 2.05) is 11.0 Å². The maximum atomic E-state index is 14.3. The van der Waals surface area contributed by atoms with Crippen LogP contribution in [0.1, 0.15) is 17.5 Å². The summed E-state index contributed by atoms with van der Waals surface area (Å²) in [5.41, 5.74) is 1.80. The third kappa shape index (κ3) is 3.01. The summed E-state index contributed by atoms with van der Waals surface area (Å²) in [6.07, 6.45) is 0.217. The Morgan fingerprint density at radius 2 is 2.23 bits per heavy atom.